The molecule has 2 aromatic rings. The summed E-state index contributed by atoms with van der Waals surface area (Å²) in [5.74, 6) is -2.11. The fraction of sp³-hybridized carbons (Fsp3) is 0.182. The molecule has 94 valence electrons. The Morgan fingerprint density at radius 3 is 2.61 bits per heavy atom. The maximum atomic E-state index is 13.3. The molecule has 0 bridgehead atoms. The molecule has 0 aliphatic rings. The van der Waals surface area contributed by atoms with E-state index in [9.17, 15) is 13.6 Å². The molecular weight excluding hydrogens is 242 g/mol. The Morgan fingerprint density at radius 2 is 2.06 bits per heavy atom. The average molecular weight is 252 g/mol. The third-order valence-corrected chi connectivity index (χ3v) is 2.27. The maximum absolute atomic E-state index is 13.3. The molecule has 0 spiro atoms. The number of benzene rings is 1. The van der Waals surface area contributed by atoms with E-state index in [0.29, 0.717) is 12.2 Å². The Morgan fingerprint density at radius 1 is 1.39 bits per heavy atom. The molecule has 1 aromatic heterocycles. The first-order valence-corrected chi connectivity index (χ1v) is 5.28. The van der Waals surface area contributed by atoms with E-state index < -0.39 is 23.2 Å². The number of halogens is 2. The van der Waals surface area contributed by atoms with Gasteiger partial charge in [-0.1, -0.05) is 13.0 Å². The van der Waals surface area contributed by atoms with Crippen molar-refractivity contribution in [1.29, 1.82) is 0 Å². The second kappa shape index (κ2) is 4.91. The van der Waals surface area contributed by atoms with E-state index in [2.05, 4.69) is 20.5 Å². The number of rotatable bonds is 3. The van der Waals surface area contributed by atoms with Crippen LogP contribution in [0.3, 0.4) is 0 Å². The molecule has 18 heavy (non-hydrogen) atoms. The van der Waals surface area contributed by atoms with E-state index in [-0.39, 0.29) is 5.82 Å². The van der Waals surface area contributed by atoms with Gasteiger partial charge in [0.1, 0.15) is 23.1 Å². The number of carbonyl (C=O) groups excluding carboxylic acids is 1. The first-order chi connectivity index (χ1) is 8.61. The minimum absolute atomic E-state index is 0.158. The van der Waals surface area contributed by atoms with Crippen molar-refractivity contribution in [2.45, 2.75) is 13.3 Å². The van der Waals surface area contributed by atoms with Gasteiger partial charge >= 0.3 is 0 Å². The van der Waals surface area contributed by atoms with E-state index in [0.717, 1.165) is 12.1 Å². The predicted octanol–water partition coefficient (Wildman–Crippen LogP) is 1.90. The lowest BCUT2D eigenvalue weighted by Gasteiger charge is -2.04. The van der Waals surface area contributed by atoms with Gasteiger partial charge in [0.05, 0.1) is 0 Å². The van der Waals surface area contributed by atoms with Gasteiger partial charge in [0.15, 0.2) is 0 Å². The first kappa shape index (κ1) is 12.2. The summed E-state index contributed by atoms with van der Waals surface area (Å²) in [5, 5.41) is 8.29. The van der Waals surface area contributed by atoms with Crippen LogP contribution in [0.1, 0.15) is 23.4 Å². The first-order valence-electron chi connectivity index (χ1n) is 5.28. The minimum atomic E-state index is -0.852. The van der Waals surface area contributed by atoms with Crippen LogP contribution < -0.4 is 5.32 Å². The highest BCUT2D eigenvalue weighted by atomic mass is 19.1. The summed E-state index contributed by atoms with van der Waals surface area (Å²) in [6.07, 6.45) is 0.578. The van der Waals surface area contributed by atoms with Crippen LogP contribution in [0.4, 0.5) is 14.5 Å². The summed E-state index contributed by atoms with van der Waals surface area (Å²) < 4.78 is 26.6. The summed E-state index contributed by atoms with van der Waals surface area (Å²) in [6.45, 7) is 1.83. The SMILES string of the molecule is CCc1nc(C(=O)Nc2c(F)cccc2F)n[nH]1. The molecule has 0 aliphatic carbocycles. The molecule has 5 nitrogen and oxygen atoms in total. The van der Waals surface area contributed by atoms with Crippen LogP contribution in [0.5, 0.6) is 0 Å². The van der Waals surface area contributed by atoms with Crippen molar-refractivity contribution in [1.82, 2.24) is 15.2 Å². The number of hydrogen-bond acceptors (Lipinski definition) is 3. The number of aryl methyl sites for hydroxylation is 1. The predicted molar refractivity (Wildman–Crippen MR) is 60.1 cm³/mol. The van der Waals surface area contributed by atoms with E-state index in [1.807, 2.05) is 6.92 Å². The van der Waals surface area contributed by atoms with Crippen molar-refractivity contribution in [3.63, 3.8) is 0 Å². The van der Waals surface area contributed by atoms with Crippen LogP contribution in [0.25, 0.3) is 0 Å². The van der Waals surface area contributed by atoms with Crippen molar-refractivity contribution in [2.24, 2.45) is 0 Å². The van der Waals surface area contributed by atoms with Gasteiger partial charge in [0.25, 0.3) is 5.91 Å². The van der Waals surface area contributed by atoms with Crippen LogP contribution in [0, 0.1) is 11.6 Å². The molecule has 0 unspecified atom stereocenters. The van der Waals surface area contributed by atoms with Gasteiger partial charge in [-0.15, -0.1) is 5.10 Å². The highest BCUT2D eigenvalue weighted by Gasteiger charge is 2.16. The lowest BCUT2D eigenvalue weighted by Crippen LogP contribution is -2.16. The third-order valence-electron chi connectivity index (χ3n) is 2.27. The smallest absolute Gasteiger partial charge is 0.295 e. The Kier molecular flexibility index (Phi) is 3.31. The highest BCUT2D eigenvalue weighted by Crippen LogP contribution is 2.18. The molecule has 7 heteroatoms. The number of aromatic nitrogens is 3. The molecule has 0 aliphatic heterocycles. The van der Waals surface area contributed by atoms with Gasteiger partial charge in [0, 0.05) is 6.42 Å². The molecular formula is C11H10F2N4O. The van der Waals surface area contributed by atoms with E-state index in [4.69, 9.17) is 0 Å². The van der Waals surface area contributed by atoms with Crippen LogP contribution in [-0.4, -0.2) is 21.1 Å². The number of anilines is 1. The van der Waals surface area contributed by atoms with E-state index >= 15 is 0 Å². The fourth-order valence-corrected chi connectivity index (χ4v) is 1.34. The Balaban J connectivity index is 2.21. The monoisotopic (exact) mass is 252 g/mol. The maximum Gasteiger partial charge on any atom is 0.295 e. The van der Waals surface area contributed by atoms with Gasteiger partial charge in [0.2, 0.25) is 5.82 Å². The Labute approximate surface area is 101 Å². The molecule has 2 N–H and O–H groups in total. The minimum Gasteiger partial charge on any atom is -0.314 e. The Bertz CT molecular complexity index is 562. The standard InChI is InChI=1S/C11H10F2N4O/c1-2-8-14-10(17-16-8)11(18)15-9-6(12)4-3-5-7(9)13/h3-5H,2H2,1H3,(H,15,18)(H,14,16,17). The summed E-state index contributed by atoms with van der Waals surface area (Å²) in [4.78, 5) is 15.5. The molecule has 1 amide bonds. The second-order valence-corrected chi connectivity index (χ2v) is 3.51. The van der Waals surface area contributed by atoms with Crippen molar-refractivity contribution in [2.75, 3.05) is 5.32 Å². The number of para-hydroxylation sites is 1. The summed E-state index contributed by atoms with van der Waals surface area (Å²) in [7, 11) is 0. The number of nitrogens with zero attached hydrogens (tertiary/aromatic N) is 2. The molecule has 1 heterocycles. The number of nitrogens with one attached hydrogen (secondary N) is 2. The summed E-state index contributed by atoms with van der Waals surface area (Å²) in [5.41, 5.74) is -0.509. The lowest BCUT2D eigenvalue weighted by molar-refractivity contribution is 0.101. The molecule has 0 atom stereocenters. The van der Waals surface area contributed by atoms with Crippen LogP contribution in [0.15, 0.2) is 18.2 Å². The largest absolute Gasteiger partial charge is 0.314 e. The zero-order valence-electron chi connectivity index (χ0n) is 9.50. The number of carbonyl (C=O) groups is 1. The zero-order chi connectivity index (χ0) is 13.1. The van der Waals surface area contributed by atoms with Crippen molar-refractivity contribution < 1.29 is 13.6 Å². The number of H-pyrrole nitrogens is 1. The van der Waals surface area contributed by atoms with Crippen LogP contribution in [0.2, 0.25) is 0 Å². The van der Waals surface area contributed by atoms with Gasteiger partial charge in [-0.05, 0) is 12.1 Å². The molecule has 0 fully saturated rings. The normalized spacial score (nSPS) is 10.4. The molecule has 1 aromatic carbocycles. The second-order valence-electron chi connectivity index (χ2n) is 3.51. The molecule has 0 radical (unpaired) electrons. The average Bonchev–Trinajstić information content (AvgIpc) is 2.82. The molecule has 0 saturated heterocycles. The van der Waals surface area contributed by atoms with Crippen molar-refractivity contribution >= 4 is 11.6 Å². The van der Waals surface area contributed by atoms with Crippen LogP contribution in [-0.2, 0) is 6.42 Å². The van der Waals surface area contributed by atoms with Gasteiger partial charge in [-0.3, -0.25) is 9.89 Å². The van der Waals surface area contributed by atoms with Crippen LogP contribution >= 0.6 is 0 Å². The Hall–Kier alpha value is -2.31. The quantitative estimate of drug-likeness (QED) is 0.876. The topological polar surface area (TPSA) is 70.7 Å². The van der Waals surface area contributed by atoms with E-state index in [1.165, 1.54) is 6.07 Å². The highest BCUT2D eigenvalue weighted by molar-refractivity contribution is 6.01. The van der Waals surface area contributed by atoms with E-state index in [1.54, 1.807) is 0 Å². The third kappa shape index (κ3) is 2.34. The summed E-state index contributed by atoms with van der Waals surface area (Å²) in [6, 6.07) is 3.31. The van der Waals surface area contributed by atoms with Gasteiger partial charge in [-0.2, -0.15) is 0 Å². The van der Waals surface area contributed by atoms with Gasteiger partial charge in [-0.25, -0.2) is 13.8 Å². The zero-order valence-corrected chi connectivity index (χ0v) is 9.50. The van der Waals surface area contributed by atoms with Crippen molar-refractivity contribution in [3.05, 3.63) is 41.5 Å². The van der Waals surface area contributed by atoms with Crippen molar-refractivity contribution in [3.8, 4) is 0 Å². The van der Waals surface area contributed by atoms with Gasteiger partial charge < -0.3 is 5.32 Å². The number of aromatic amines is 1. The number of hydrogen-bond donors (Lipinski definition) is 2. The molecule has 2 rings (SSSR count). The lowest BCUT2D eigenvalue weighted by atomic mass is 10.3. The molecule has 0 saturated carbocycles. The fourth-order valence-electron chi connectivity index (χ4n) is 1.34. The number of amides is 1. The summed E-state index contributed by atoms with van der Waals surface area (Å²) >= 11 is 0.